The van der Waals surface area contributed by atoms with E-state index in [0.29, 0.717) is 12.1 Å². The number of hydrogen-bond acceptors (Lipinski definition) is 4. The zero-order valence-electron chi connectivity index (χ0n) is 9.81. The molecule has 0 fully saturated rings. The van der Waals surface area contributed by atoms with E-state index in [1.807, 2.05) is 14.1 Å². The molecule has 1 aromatic heterocycles. The molecule has 1 rings (SSSR count). The molecule has 0 atom stereocenters. The lowest BCUT2D eigenvalue weighted by atomic mass is 10.3. The van der Waals surface area contributed by atoms with Crippen molar-refractivity contribution in [2.75, 3.05) is 27.2 Å². The molecule has 5 heteroatoms. The van der Waals surface area contributed by atoms with Gasteiger partial charge in [-0.15, -0.1) is 0 Å². The molecule has 0 radical (unpaired) electrons. The van der Waals surface area contributed by atoms with Gasteiger partial charge in [-0.05, 0) is 33.5 Å². The molecule has 1 aromatic rings. The van der Waals surface area contributed by atoms with E-state index >= 15 is 0 Å². The number of aromatic nitrogens is 2. The van der Waals surface area contributed by atoms with Crippen molar-refractivity contribution in [3.8, 4) is 0 Å². The number of rotatable bonds is 6. The van der Waals surface area contributed by atoms with Gasteiger partial charge in [0.05, 0.1) is 5.56 Å². The van der Waals surface area contributed by atoms with Gasteiger partial charge in [0, 0.05) is 18.9 Å². The fraction of sp³-hybridized carbons (Fsp3) is 0.545. The summed E-state index contributed by atoms with van der Waals surface area (Å²) in [4.78, 5) is 21.3. The fourth-order valence-electron chi connectivity index (χ4n) is 1.27. The Morgan fingerprint density at radius 2 is 2.00 bits per heavy atom. The first-order chi connectivity index (χ1) is 7.70. The summed E-state index contributed by atoms with van der Waals surface area (Å²) in [7, 11) is 4.08. The molecule has 1 amide bonds. The second-order valence-electron chi connectivity index (χ2n) is 3.89. The van der Waals surface area contributed by atoms with Crippen LogP contribution >= 0.6 is 0 Å². The number of unbranched alkanes of at least 4 members (excludes halogenated alkanes) is 1. The van der Waals surface area contributed by atoms with Crippen LogP contribution in [0.1, 0.15) is 23.2 Å². The minimum atomic E-state index is -0.106. The van der Waals surface area contributed by atoms with Gasteiger partial charge in [-0.1, -0.05) is 0 Å². The van der Waals surface area contributed by atoms with Crippen LogP contribution in [0.3, 0.4) is 0 Å². The molecular formula is C11H18N4O. The average molecular weight is 222 g/mol. The SMILES string of the molecule is CN(C)CCCCNC(=O)c1cncnc1. The molecular weight excluding hydrogens is 204 g/mol. The predicted molar refractivity (Wildman–Crippen MR) is 62.2 cm³/mol. The number of carbonyl (C=O) groups excluding carboxylic acids is 1. The van der Waals surface area contributed by atoms with Crippen molar-refractivity contribution < 1.29 is 4.79 Å². The highest BCUT2D eigenvalue weighted by atomic mass is 16.1. The van der Waals surface area contributed by atoms with Crippen LogP contribution in [0.5, 0.6) is 0 Å². The third-order valence-corrected chi connectivity index (χ3v) is 2.14. The summed E-state index contributed by atoms with van der Waals surface area (Å²) in [6.45, 7) is 1.74. The van der Waals surface area contributed by atoms with Crippen molar-refractivity contribution in [3.63, 3.8) is 0 Å². The summed E-state index contributed by atoms with van der Waals surface area (Å²) in [6.07, 6.45) is 6.51. The van der Waals surface area contributed by atoms with Crippen LogP contribution in [-0.4, -0.2) is 48.0 Å². The molecule has 16 heavy (non-hydrogen) atoms. The maximum atomic E-state index is 11.5. The molecule has 0 aliphatic carbocycles. The maximum absolute atomic E-state index is 11.5. The second kappa shape index (κ2) is 6.90. The van der Waals surface area contributed by atoms with E-state index in [-0.39, 0.29) is 5.91 Å². The minimum absolute atomic E-state index is 0.106. The van der Waals surface area contributed by atoms with E-state index in [1.165, 1.54) is 18.7 Å². The molecule has 0 aromatic carbocycles. The van der Waals surface area contributed by atoms with Gasteiger partial charge >= 0.3 is 0 Å². The molecule has 5 nitrogen and oxygen atoms in total. The van der Waals surface area contributed by atoms with Gasteiger partial charge < -0.3 is 10.2 Å². The van der Waals surface area contributed by atoms with Crippen LogP contribution in [0.15, 0.2) is 18.7 Å². The Labute approximate surface area is 95.9 Å². The predicted octanol–water partition coefficient (Wildman–Crippen LogP) is 0.548. The molecule has 1 heterocycles. The zero-order chi connectivity index (χ0) is 11.8. The van der Waals surface area contributed by atoms with E-state index in [9.17, 15) is 4.79 Å². The zero-order valence-corrected chi connectivity index (χ0v) is 9.81. The van der Waals surface area contributed by atoms with Gasteiger partial charge in [0.25, 0.3) is 5.91 Å². The highest BCUT2D eigenvalue weighted by molar-refractivity contribution is 5.93. The maximum Gasteiger partial charge on any atom is 0.254 e. The lowest BCUT2D eigenvalue weighted by Crippen LogP contribution is -2.25. The summed E-state index contributed by atoms with van der Waals surface area (Å²) in [5, 5.41) is 2.84. The van der Waals surface area contributed by atoms with Gasteiger partial charge in [-0.3, -0.25) is 4.79 Å². The Balaban J connectivity index is 2.16. The van der Waals surface area contributed by atoms with Crippen molar-refractivity contribution in [1.29, 1.82) is 0 Å². The first-order valence-corrected chi connectivity index (χ1v) is 5.38. The minimum Gasteiger partial charge on any atom is -0.352 e. The van der Waals surface area contributed by atoms with Crippen molar-refractivity contribution in [2.24, 2.45) is 0 Å². The molecule has 0 aliphatic rings. The molecule has 0 spiro atoms. The lowest BCUT2D eigenvalue weighted by Gasteiger charge is -2.09. The summed E-state index contributed by atoms with van der Waals surface area (Å²) in [5.41, 5.74) is 0.509. The van der Waals surface area contributed by atoms with E-state index in [4.69, 9.17) is 0 Å². The molecule has 0 bridgehead atoms. The van der Waals surface area contributed by atoms with Gasteiger partial charge in [0.1, 0.15) is 6.33 Å². The monoisotopic (exact) mass is 222 g/mol. The number of nitrogens with zero attached hydrogens (tertiary/aromatic N) is 3. The van der Waals surface area contributed by atoms with Crippen molar-refractivity contribution in [2.45, 2.75) is 12.8 Å². The smallest absolute Gasteiger partial charge is 0.254 e. The highest BCUT2D eigenvalue weighted by Gasteiger charge is 2.03. The lowest BCUT2D eigenvalue weighted by molar-refractivity contribution is 0.0952. The molecule has 1 N–H and O–H groups in total. The summed E-state index contributed by atoms with van der Waals surface area (Å²) < 4.78 is 0. The van der Waals surface area contributed by atoms with Crippen LogP contribution in [0, 0.1) is 0 Å². The second-order valence-corrected chi connectivity index (χ2v) is 3.89. The normalized spacial score (nSPS) is 10.4. The first-order valence-electron chi connectivity index (χ1n) is 5.38. The standard InChI is InChI=1S/C11H18N4O/c1-15(2)6-4-3-5-14-11(16)10-7-12-9-13-8-10/h7-9H,3-6H2,1-2H3,(H,14,16). The molecule has 0 unspecified atom stereocenters. The van der Waals surface area contributed by atoms with Crippen molar-refractivity contribution in [1.82, 2.24) is 20.2 Å². The molecule has 0 aliphatic heterocycles. The van der Waals surface area contributed by atoms with Crippen LogP contribution in [0.4, 0.5) is 0 Å². The van der Waals surface area contributed by atoms with Crippen LogP contribution < -0.4 is 5.32 Å². The largest absolute Gasteiger partial charge is 0.352 e. The number of carbonyl (C=O) groups is 1. The topological polar surface area (TPSA) is 58.1 Å². The van der Waals surface area contributed by atoms with Gasteiger partial charge in [0.15, 0.2) is 0 Å². The summed E-state index contributed by atoms with van der Waals surface area (Å²) >= 11 is 0. The molecule has 0 saturated carbocycles. The fourth-order valence-corrected chi connectivity index (χ4v) is 1.27. The van der Waals surface area contributed by atoms with E-state index in [1.54, 1.807) is 0 Å². The van der Waals surface area contributed by atoms with Gasteiger partial charge in [-0.25, -0.2) is 9.97 Å². The highest BCUT2D eigenvalue weighted by Crippen LogP contribution is 1.94. The van der Waals surface area contributed by atoms with Crippen molar-refractivity contribution >= 4 is 5.91 Å². The Morgan fingerprint density at radius 1 is 1.31 bits per heavy atom. The number of nitrogens with one attached hydrogen (secondary N) is 1. The Bertz CT molecular complexity index is 313. The third-order valence-electron chi connectivity index (χ3n) is 2.14. The first kappa shape index (κ1) is 12.6. The Kier molecular flexibility index (Phi) is 5.42. The summed E-state index contributed by atoms with van der Waals surface area (Å²) in [6, 6.07) is 0. The van der Waals surface area contributed by atoms with Crippen LogP contribution in [0.25, 0.3) is 0 Å². The Hall–Kier alpha value is -1.49. The Morgan fingerprint density at radius 3 is 2.62 bits per heavy atom. The van der Waals surface area contributed by atoms with E-state index in [0.717, 1.165) is 19.4 Å². The summed E-state index contributed by atoms with van der Waals surface area (Å²) in [5.74, 6) is -0.106. The van der Waals surface area contributed by atoms with E-state index < -0.39 is 0 Å². The van der Waals surface area contributed by atoms with E-state index in [2.05, 4.69) is 20.2 Å². The van der Waals surface area contributed by atoms with Crippen LogP contribution in [0.2, 0.25) is 0 Å². The van der Waals surface area contributed by atoms with Gasteiger partial charge in [0.2, 0.25) is 0 Å². The number of amides is 1. The average Bonchev–Trinajstić information content (AvgIpc) is 2.29. The quantitative estimate of drug-likeness (QED) is 0.714. The molecule has 88 valence electrons. The molecule has 0 saturated heterocycles. The number of hydrogen-bond donors (Lipinski definition) is 1. The van der Waals surface area contributed by atoms with Gasteiger partial charge in [-0.2, -0.15) is 0 Å². The van der Waals surface area contributed by atoms with Crippen molar-refractivity contribution in [3.05, 3.63) is 24.3 Å². The van der Waals surface area contributed by atoms with Crippen LogP contribution in [-0.2, 0) is 0 Å². The third kappa shape index (κ3) is 4.84.